The van der Waals surface area contributed by atoms with Gasteiger partial charge in [0, 0.05) is 88.8 Å². The zero-order valence-corrected chi connectivity index (χ0v) is 33.8. The molecule has 11 rings (SSSR count). The standard InChI is InChI=1S/C24H21N7O.C21H16ClN7O/c32-24(21-11-16(8-9-25-21)18-12-26-22(27-13-18)15-4-5-15)29-19-3-1-2-17(10-19)23-30-28-14-31(23)20-6-7-20;22-21-24-10-15(11-25-21)13-6-7-23-18(9-13)20(30)27-16-3-1-2-14(8-16)19-28-26-12-29(19)17-4-5-17/h1-3,8-15,20H,4-7H2,(H,29,32);1-3,6-12,17H,4-5H2,(H,27,30). The Hall–Kier alpha value is -7.59. The summed E-state index contributed by atoms with van der Waals surface area (Å²) in [6.07, 6.45) is 20.5. The Kier molecular flexibility index (Phi) is 10.5. The van der Waals surface area contributed by atoms with Crippen LogP contribution in [0.25, 0.3) is 45.0 Å². The van der Waals surface area contributed by atoms with Gasteiger partial charge in [-0.15, -0.1) is 20.4 Å². The van der Waals surface area contributed by atoms with Crippen molar-refractivity contribution in [1.29, 1.82) is 0 Å². The maximum absolute atomic E-state index is 12.9. The van der Waals surface area contributed by atoms with Crippen LogP contribution in [0.15, 0.2) is 123 Å². The molecule has 0 radical (unpaired) electrons. The first-order valence-electron chi connectivity index (χ1n) is 20.3. The molecule has 2 amide bonds. The van der Waals surface area contributed by atoms with E-state index in [2.05, 4.69) is 70.1 Å². The van der Waals surface area contributed by atoms with Crippen LogP contribution in [0.1, 0.15) is 83.3 Å². The van der Waals surface area contributed by atoms with Crippen LogP contribution in [-0.2, 0) is 0 Å². The molecule has 6 heterocycles. The number of halogens is 1. The van der Waals surface area contributed by atoms with Crippen molar-refractivity contribution >= 4 is 34.8 Å². The maximum atomic E-state index is 12.9. The summed E-state index contributed by atoms with van der Waals surface area (Å²) in [5.41, 5.74) is 7.03. The van der Waals surface area contributed by atoms with E-state index in [4.69, 9.17) is 11.6 Å². The summed E-state index contributed by atoms with van der Waals surface area (Å²) >= 11 is 5.74. The van der Waals surface area contributed by atoms with Crippen molar-refractivity contribution in [3.63, 3.8) is 0 Å². The lowest BCUT2D eigenvalue weighted by atomic mass is 10.1. The lowest BCUT2D eigenvalue weighted by Gasteiger charge is -2.09. The van der Waals surface area contributed by atoms with Crippen LogP contribution in [0.4, 0.5) is 11.4 Å². The third-order valence-corrected chi connectivity index (χ3v) is 10.9. The third-order valence-electron chi connectivity index (χ3n) is 10.7. The van der Waals surface area contributed by atoms with Gasteiger partial charge >= 0.3 is 0 Å². The van der Waals surface area contributed by atoms with Gasteiger partial charge in [-0.25, -0.2) is 19.9 Å². The first-order valence-corrected chi connectivity index (χ1v) is 20.6. The fourth-order valence-corrected chi connectivity index (χ4v) is 7.07. The fraction of sp³-hybridized carbons (Fsp3) is 0.200. The highest BCUT2D eigenvalue weighted by molar-refractivity contribution is 6.28. The molecule has 2 N–H and O–H groups in total. The fourth-order valence-electron chi connectivity index (χ4n) is 6.97. The monoisotopic (exact) mass is 840 g/mol. The van der Waals surface area contributed by atoms with Gasteiger partial charge < -0.3 is 19.8 Å². The number of amides is 2. The third kappa shape index (κ3) is 8.81. The van der Waals surface area contributed by atoms with Crippen molar-refractivity contribution in [3.8, 4) is 45.0 Å². The molecule has 16 nitrogen and oxygen atoms in total. The molecule has 306 valence electrons. The highest BCUT2D eigenvalue weighted by Crippen LogP contribution is 2.39. The van der Waals surface area contributed by atoms with E-state index in [0.717, 1.165) is 76.5 Å². The molecular formula is C45H37ClN14O2. The predicted octanol–water partition coefficient (Wildman–Crippen LogP) is 8.30. The van der Waals surface area contributed by atoms with E-state index in [1.165, 1.54) is 12.8 Å². The molecule has 6 aromatic heterocycles. The van der Waals surface area contributed by atoms with Gasteiger partial charge in [0.05, 0.1) is 0 Å². The number of pyridine rings is 2. The molecule has 0 bridgehead atoms. The Bertz CT molecular complexity index is 2900. The number of rotatable bonds is 11. The molecular weight excluding hydrogens is 804 g/mol. The molecule has 0 aliphatic heterocycles. The molecule has 0 spiro atoms. The lowest BCUT2D eigenvalue weighted by Crippen LogP contribution is -2.13. The Balaban J connectivity index is 0.000000148. The number of carbonyl (C=O) groups is 2. The number of hydrogen-bond acceptors (Lipinski definition) is 12. The van der Waals surface area contributed by atoms with Crippen LogP contribution >= 0.6 is 11.6 Å². The lowest BCUT2D eigenvalue weighted by molar-refractivity contribution is 0.101. The first kappa shape index (κ1) is 38.6. The van der Waals surface area contributed by atoms with Crippen molar-refractivity contribution in [3.05, 3.63) is 145 Å². The maximum Gasteiger partial charge on any atom is 0.274 e. The number of nitrogens with zero attached hydrogens (tertiary/aromatic N) is 12. The molecule has 0 saturated heterocycles. The van der Waals surface area contributed by atoms with Gasteiger partial charge in [0.1, 0.15) is 29.9 Å². The van der Waals surface area contributed by atoms with Crippen LogP contribution in [0, 0.1) is 0 Å². The van der Waals surface area contributed by atoms with E-state index >= 15 is 0 Å². The zero-order chi connectivity index (χ0) is 42.0. The van der Waals surface area contributed by atoms with Crippen LogP contribution in [0.2, 0.25) is 5.28 Å². The number of aromatic nitrogens is 12. The molecule has 62 heavy (non-hydrogen) atoms. The molecule has 8 aromatic rings. The van der Waals surface area contributed by atoms with Crippen molar-refractivity contribution in [1.82, 2.24) is 59.4 Å². The summed E-state index contributed by atoms with van der Waals surface area (Å²) in [5.74, 6) is 2.44. The Morgan fingerprint density at radius 1 is 0.532 bits per heavy atom. The molecule has 3 fully saturated rings. The second-order valence-corrected chi connectivity index (χ2v) is 15.7. The highest BCUT2D eigenvalue weighted by atomic mass is 35.5. The Labute approximate surface area is 360 Å². The van der Waals surface area contributed by atoms with E-state index in [1.807, 2.05) is 67.0 Å². The predicted molar refractivity (Wildman–Crippen MR) is 231 cm³/mol. The second kappa shape index (κ2) is 16.8. The minimum Gasteiger partial charge on any atom is -0.321 e. The van der Waals surface area contributed by atoms with E-state index in [9.17, 15) is 9.59 Å². The van der Waals surface area contributed by atoms with E-state index in [0.29, 0.717) is 35.1 Å². The first-order chi connectivity index (χ1) is 30.4. The number of benzene rings is 2. The minimum absolute atomic E-state index is 0.170. The number of nitrogens with one attached hydrogen (secondary N) is 2. The number of carbonyl (C=O) groups excluding carboxylic acids is 2. The largest absolute Gasteiger partial charge is 0.321 e. The van der Waals surface area contributed by atoms with Crippen LogP contribution in [0.3, 0.4) is 0 Å². The summed E-state index contributed by atoms with van der Waals surface area (Å²) in [5, 5.41) is 22.6. The zero-order valence-electron chi connectivity index (χ0n) is 33.1. The van der Waals surface area contributed by atoms with Crippen LogP contribution in [0.5, 0.6) is 0 Å². The van der Waals surface area contributed by atoms with Gasteiger partial charge in [-0.2, -0.15) is 0 Å². The Morgan fingerprint density at radius 3 is 1.45 bits per heavy atom. The number of anilines is 2. The average Bonchev–Trinajstić information content (AvgIpc) is 4.26. The molecule has 2 aromatic carbocycles. The molecule has 3 saturated carbocycles. The van der Waals surface area contributed by atoms with Crippen LogP contribution in [-0.4, -0.2) is 71.2 Å². The molecule has 17 heteroatoms. The highest BCUT2D eigenvalue weighted by Gasteiger charge is 2.28. The van der Waals surface area contributed by atoms with Crippen molar-refractivity contribution in [2.75, 3.05) is 10.6 Å². The quantitative estimate of drug-likeness (QED) is 0.118. The van der Waals surface area contributed by atoms with Gasteiger partial charge in [0.25, 0.3) is 11.8 Å². The molecule has 3 aliphatic rings. The normalized spacial score (nSPS) is 14.4. The van der Waals surface area contributed by atoms with Crippen molar-refractivity contribution in [2.45, 2.75) is 56.5 Å². The summed E-state index contributed by atoms with van der Waals surface area (Å²) in [6, 6.07) is 23.2. The van der Waals surface area contributed by atoms with Gasteiger partial charge in [0.2, 0.25) is 5.28 Å². The van der Waals surface area contributed by atoms with Gasteiger partial charge in [-0.3, -0.25) is 19.6 Å². The smallest absolute Gasteiger partial charge is 0.274 e. The SMILES string of the molecule is O=C(Nc1cccc(-c2nncn2C2CC2)c1)c1cc(-c2cnc(C3CC3)nc2)ccn1.O=C(Nc1cccc(-c2nncn2C2CC2)c1)c1cc(-c2cnc(Cl)nc2)ccn1. The summed E-state index contributed by atoms with van der Waals surface area (Å²) in [6.45, 7) is 0. The van der Waals surface area contributed by atoms with Crippen molar-refractivity contribution < 1.29 is 9.59 Å². The Morgan fingerprint density at radius 2 is 1.00 bits per heavy atom. The summed E-state index contributed by atoms with van der Waals surface area (Å²) in [4.78, 5) is 51.0. The van der Waals surface area contributed by atoms with Gasteiger partial charge in [-0.1, -0.05) is 24.3 Å². The number of hydrogen-bond donors (Lipinski definition) is 2. The average molecular weight is 841 g/mol. The minimum atomic E-state index is -0.312. The van der Waals surface area contributed by atoms with Gasteiger partial charge in [0.15, 0.2) is 11.6 Å². The van der Waals surface area contributed by atoms with E-state index < -0.39 is 0 Å². The van der Waals surface area contributed by atoms with E-state index in [1.54, 1.807) is 55.6 Å². The summed E-state index contributed by atoms with van der Waals surface area (Å²) in [7, 11) is 0. The molecule has 0 unspecified atom stereocenters. The van der Waals surface area contributed by atoms with E-state index in [-0.39, 0.29) is 22.8 Å². The molecule has 3 aliphatic carbocycles. The summed E-state index contributed by atoms with van der Waals surface area (Å²) < 4.78 is 4.18. The van der Waals surface area contributed by atoms with Crippen LogP contribution < -0.4 is 10.6 Å². The second-order valence-electron chi connectivity index (χ2n) is 15.4. The van der Waals surface area contributed by atoms with Gasteiger partial charge in [-0.05, 0) is 110 Å². The molecule has 0 atom stereocenters. The van der Waals surface area contributed by atoms with Crippen molar-refractivity contribution in [2.24, 2.45) is 0 Å². The topological polar surface area (TPSA) is 197 Å².